The Morgan fingerprint density at radius 2 is 2.00 bits per heavy atom. The fourth-order valence-electron chi connectivity index (χ4n) is 3.76. The summed E-state index contributed by atoms with van der Waals surface area (Å²) in [5.74, 6) is -2.11. The lowest BCUT2D eigenvalue weighted by molar-refractivity contribution is -0.182. The van der Waals surface area contributed by atoms with Crippen molar-refractivity contribution in [2.24, 2.45) is 0 Å². The van der Waals surface area contributed by atoms with Crippen molar-refractivity contribution in [1.82, 2.24) is 9.97 Å². The Morgan fingerprint density at radius 1 is 1.19 bits per heavy atom. The second-order valence-electron chi connectivity index (χ2n) is 7.57. The number of nitrogens with one attached hydrogen (secondary N) is 1. The van der Waals surface area contributed by atoms with Crippen LogP contribution in [0.4, 0.5) is 5.69 Å². The van der Waals surface area contributed by atoms with Gasteiger partial charge >= 0.3 is 5.97 Å². The molecule has 162 valence electrons. The molecule has 2 aromatic rings. The van der Waals surface area contributed by atoms with E-state index in [1.807, 2.05) is 6.08 Å². The topological polar surface area (TPSA) is 111 Å². The Labute approximate surface area is 187 Å². The number of carboxylic acid groups (broad SMARTS) is 1. The molecule has 1 aromatic carbocycles. The van der Waals surface area contributed by atoms with Gasteiger partial charge in [0.05, 0.1) is 35.9 Å². The van der Waals surface area contributed by atoms with Crippen LogP contribution in [0.15, 0.2) is 41.1 Å². The second-order valence-corrected chi connectivity index (χ2v) is 8.49. The molecule has 2 heterocycles. The lowest BCUT2D eigenvalue weighted by atomic mass is 9.94. The fourth-order valence-corrected chi connectivity index (χ4v) is 4.12. The van der Waals surface area contributed by atoms with Crippen LogP contribution in [-0.2, 0) is 9.47 Å². The summed E-state index contributed by atoms with van der Waals surface area (Å²) in [5.41, 5.74) is 0.823. The van der Waals surface area contributed by atoms with Crippen LogP contribution in [-0.4, -0.2) is 45.4 Å². The molecule has 1 aromatic heterocycles. The Balaban J connectivity index is 1.38. The summed E-state index contributed by atoms with van der Waals surface area (Å²) in [7, 11) is 0. The highest BCUT2D eigenvalue weighted by Crippen LogP contribution is 2.38. The minimum absolute atomic E-state index is 0.0234. The summed E-state index contributed by atoms with van der Waals surface area (Å²) in [6, 6.07) is 4.58. The number of aromatic carboxylic acids is 1. The lowest BCUT2D eigenvalue weighted by Gasteiger charge is -2.31. The van der Waals surface area contributed by atoms with Gasteiger partial charge in [0.2, 0.25) is 0 Å². The molecule has 1 spiro atoms. The number of hydrogen-bond acceptors (Lipinski definition) is 6. The van der Waals surface area contributed by atoms with Crippen molar-refractivity contribution in [2.45, 2.75) is 44.0 Å². The molecule has 9 heteroatoms. The molecule has 1 aliphatic carbocycles. The zero-order valence-corrected chi connectivity index (χ0v) is 18.3. The van der Waals surface area contributed by atoms with Crippen molar-refractivity contribution in [1.29, 1.82) is 0 Å². The number of carbonyl (C=O) groups excluding carboxylic acids is 1. The van der Waals surface area contributed by atoms with E-state index < -0.39 is 17.7 Å². The van der Waals surface area contributed by atoms with Crippen LogP contribution in [0.3, 0.4) is 0 Å². The van der Waals surface area contributed by atoms with Gasteiger partial charge in [-0.15, -0.1) is 0 Å². The van der Waals surface area contributed by atoms with Crippen LogP contribution in [0.25, 0.3) is 6.08 Å². The molecule has 1 amide bonds. The zero-order chi connectivity index (χ0) is 21.8. The maximum atomic E-state index is 12.5. The van der Waals surface area contributed by atoms with E-state index in [2.05, 4.69) is 31.2 Å². The van der Waals surface area contributed by atoms with Gasteiger partial charge in [0.15, 0.2) is 5.79 Å². The van der Waals surface area contributed by atoms with E-state index in [1.54, 1.807) is 12.1 Å². The highest BCUT2D eigenvalue weighted by Gasteiger charge is 2.41. The molecule has 0 radical (unpaired) electrons. The van der Waals surface area contributed by atoms with Gasteiger partial charge in [-0.3, -0.25) is 9.78 Å². The van der Waals surface area contributed by atoms with Crippen molar-refractivity contribution in [3.05, 3.63) is 58.1 Å². The molecule has 0 unspecified atom stereocenters. The van der Waals surface area contributed by atoms with Crippen molar-refractivity contribution in [2.75, 3.05) is 11.9 Å². The van der Waals surface area contributed by atoms with Crippen molar-refractivity contribution < 1.29 is 24.2 Å². The predicted octanol–water partition coefficient (Wildman–Crippen LogP) is 4.28. The molecular weight excluding hydrogens is 466 g/mol. The number of halogens is 1. The van der Waals surface area contributed by atoms with E-state index in [-0.39, 0.29) is 23.0 Å². The van der Waals surface area contributed by atoms with Crippen molar-refractivity contribution in [3.63, 3.8) is 0 Å². The minimum Gasteiger partial charge on any atom is -0.478 e. The largest absolute Gasteiger partial charge is 0.478 e. The molecule has 2 fully saturated rings. The summed E-state index contributed by atoms with van der Waals surface area (Å²) in [5, 5.41) is 11.9. The van der Waals surface area contributed by atoms with E-state index in [0.717, 1.165) is 25.7 Å². The summed E-state index contributed by atoms with van der Waals surface area (Å²) < 4.78 is 12.6. The summed E-state index contributed by atoms with van der Waals surface area (Å²) in [6.45, 7) is 0.517. The monoisotopic (exact) mass is 487 g/mol. The van der Waals surface area contributed by atoms with E-state index >= 15 is 0 Å². The number of ether oxygens (including phenoxy) is 2. The number of anilines is 1. The Morgan fingerprint density at radius 3 is 2.71 bits per heavy atom. The van der Waals surface area contributed by atoms with E-state index in [4.69, 9.17) is 9.47 Å². The number of hydrogen-bond donors (Lipinski definition) is 2. The molecule has 2 aliphatic rings. The van der Waals surface area contributed by atoms with Crippen LogP contribution < -0.4 is 5.32 Å². The van der Waals surface area contributed by atoms with Crippen LogP contribution in [0, 0.1) is 0 Å². The Bertz CT molecular complexity index is 1000. The SMILES string of the molecule is O=C(Nc1ccc(Br)cc1C(=O)O)c1cnc(C=C[C@H]2COC3(CCCCC3)O2)cn1. The third kappa shape index (κ3) is 5.17. The van der Waals surface area contributed by atoms with Gasteiger partial charge in [-0.25, -0.2) is 9.78 Å². The van der Waals surface area contributed by atoms with Crippen molar-refractivity contribution in [3.8, 4) is 0 Å². The number of carbonyl (C=O) groups is 2. The van der Waals surface area contributed by atoms with Gasteiger partial charge < -0.3 is 19.9 Å². The van der Waals surface area contributed by atoms with Crippen LogP contribution in [0.5, 0.6) is 0 Å². The fraction of sp³-hybridized carbons (Fsp3) is 0.364. The molecule has 1 saturated heterocycles. The molecule has 31 heavy (non-hydrogen) atoms. The van der Waals surface area contributed by atoms with Gasteiger partial charge in [0, 0.05) is 17.3 Å². The first kappa shape index (κ1) is 21.6. The first-order chi connectivity index (χ1) is 14.9. The number of benzene rings is 1. The Hall–Kier alpha value is -2.62. The smallest absolute Gasteiger partial charge is 0.337 e. The molecule has 1 saturated carbocycles. The van der Waals surface area contributed by atoms with Crippen molar-refractivity contribution >= 4 is 39.6 Å². The number of carboxylic acids is 1. The lowest BCUT2D eigenvalue weighted by Crippen LogP contribution is -2.33. The summed E-state index contributed by atoms with van der Waals surface area (Å²) in [6.07, 6.45) is 11.7. The summed E-state index contributed by atoms with van der Waals surface area (Å²) >= 11 is 3.22. The molecular formula is C22H22BrN3O5. The number of aromatic nitrogens is 2. The third-order valence-electron chi connectivity index (χ3n) is 5.34. The normalized spacial score (nSPS) is 20.2. The summed E-state index contributed by atoms with van der Waals surface area (Å²) in [4.78, 5) is 32.2. The molecule has 2 N–H and O–H groups in total. The standard InChI is InChI=1S/C22H22BrN3O5/c23-14-4-7-18(17(10-14)21(28)29)26-20(27)19-12-24-15(11-25-19)5-6-16-13-30-22(31-16)8-2-1-3-9-22/h4-7,10-12,16H,1-3,8-9,13H2,(H,26,27)(H,28,29)/t16-/m0/s1. The predicted molar refractivity (Wildman–Crippen MR) is 117 cm³/mol. The Kier molecular flexibility index (Phi) is 6.45. The average Bonchev–Trinajstić information content (AvgIpc) is 3.16. The second kappa shape index (κ2) is 9.25. The van der Waals surface area contributed by atoms with Gasteiger partial charge in [-0.1, -0.05) is 28.4 Å². The maximum absolute atomic E-state index is 12.5. The maximum Gasteiger partial charge on any atom is 0.337 e. The average molecular weight is 488 g/mol. The number of rotatable bonds is 5. The molecule has 0 bridgehead atoms. The van der Waals surface area contributed by atoms with Crippen LogP contribution in [0.1, 0.15) is 58.6 Å². The van der Waals surface area contributed by atoms with E-state index in [0.29, 0.717) is 16.8 Å². The first-order valence-corrected chi connectivity index (χ1v) is 10.9. The number of amides is 1. The zero-order valence-electron chi connectivity index (χ0n) is 16.7. The highest BCUT2D eigenvalue weighted by molar-refractivity contribution is 9.10. The minimum atomic E-state index is -1.14. The van der Waals surface area contributed by atoms with E-state index in [1.165, 1.54) is 30.9 Å². The van der Waals surface area contributed by atoms with E-state index in [9.17, 15) is 14.7 Å². The quantitative estimate of drug-likeness (QED) is 0.647. The van der Waals surface area contributed by atoms with Gasteiger partial charge in [-0.2, -0.15) is 0 Å². The highest BCUT2D eigenvalue weighted by atomic mass is 79.9. The molecule has 4 rings (SSSR count). The van der Waals surface area contributed by atoms with Crippen LogP contribution in [0.2, 0.25) is 0 Å². The third-order valence-corrected chi connectivity index (χ3v) is 5.83. The molecule has 8 nitrogen and oxygen atoms in total. The molecule has 1 atom stereocenters. The van der Waals surface area contributed by atoms with Crippen LogP contribution >= 0.6 is 15.9 Å². The number of nitrogens with zero attached hydrogens (tertiary/aromatic N) is 2. The van der Waals surface area contributed by atoms with Gasteiger partial charge in [0.25, 0.3) is 5.91 Å². The first-order valence-electron chi connectivity index (χ1n) is 10.1. The van der Waals surface area contributed by atoms with Gasteiger partial charge in [0.1, 0.15) is 11.8 Å². The molecule has 1 aliphatic heterocycles. The van der Waals surface area contributed by atoms with Gasteiger partial charge in [-0.05, 0) is 37.1 Å².